The molecule has 4 nitrogen and oxygen atoms in total. The highest BCUT2D eigenvalue weighted by molar-refractivity contribution is 5.88. The number of rotatable bonds is 3. The standard InChI is InChI=1S/C13H15N3O/c1-10-7-16(9-14-10)8-12-4-3-5-13(6-12)15-11(2)17/h3-7,9H,8H2,1-2H3,(H,15,17). The molecule has 0 bridgehead atoms. The molecule has 1 amide bonds. The van der Waals surface area contributed by atoms with Crippen molar-refractivity contribution in [3.05, 3.63) is 48.0 Å². The van der Waals surface area contributed by atoms with E-state index in [1.54, 1.807) is 6.33 Å². The van der Waals surface area contributed by atoms with E-state index in [0.29, 0.717) is 0 Å². The van der Waals surface area contributed by atoms with Gasteiger partial charge in [-0.05, 0) is 24.6 Å². The second-order valence-corrected chi connectivity index (χ2v) is 4.07. The van der Waals surface area contributed by atoms with Crippen molar-refractivity contribution < 1.29 is 4.79 Å². The van der Waals surface area contributed by atoms with Crippen molar-refractivity contribution in [2.45, 2.75) is 20.4 Å². The number of imidazole rings is 1. The molecule has 0 radical (unpaired) electrons. The van der Waals surface area contributed by atoms with Gasteiger partial charge < -0.3 is 9.88 Å². The summed E-state index contributed by atoms with van der Waals surface area (Å²) in [5, 5.41) is 2.77. The maximum atomic E-state index is 11.0. The molecule has 0 spiro atoms. The second-order valence-electron chi connectivity index (χ2n) is 4.07. The summed E-state index contributed by atoms with van der Waals surface area (Å²) >= 11 is 0. The van der Waals surface area contributed by atoms with Crippen molar-refractivity contribution in [1.82, 2.24) is 9.55 Å². The molecule has 0 unspecified atom stereocenters. The van der Waals surface area contributed by atoms with Gasteiger partial charge in [0.25, 0.3) is 0 Å². The van der Waals surface area contributed by atoms with Crippen LogP contribution in [0.5, 0.6) is 0 Å². The minimum Gasteiger partial charge on any atom is -0.333 e. The zero-order chi connectivity index (χ0) is 12.3. The zero-order valence-electron chi connectivity index (χ0n) is 9.97. The Morgan fingerprint density at radius 3 is 2.94 bits per heavy atom. The molecule has 1 N–H and O–H groups in total. The topological polar surface area (TPSA) is 46.9 Å². The first-order valence-corrected chi connectivity index (χ1v) is 5.48. The third-order valence-corrected chi connectivity index (χ3v) is 2.37. The molecule has 1 aromatic heterocycles. The number of amides is 1. The number of hydrogen-bond donors (Lipinski definition) is 1. The predicted octanol–water partition coefficient (Wildman–Crippen LogP) is 2.20. The Bertz CT molecular complexity index is 531. The minimum atomic E-state index is -0.0550. The molecule has 1 heterocycles. The van der Waals surface area contributed by atoms with Crippen molar-refractivity contribution in [3.8, 4) is 0 Å². The number of benzene rings is 1. The van der Waals surface area contributed by atoms with Gasteiger partial charge in [-0.3, -0.25) is 4.79 Å². The van der Waals surface area contributed by atoms with Gasteiger partial charge in [0, 0.05) is 25.4 Å². The number of hydrogen-bond acceptors (Lipinski definition) is 2. The van der Waals surface area contributed by atoms with Crippen LogP contribution < -0.4 is 5.32 Å². The highest BCUT2D eigenvalue weighted by Gasteiger charge is 1.99. The lowest BCUT2D eigenvalue weighted by Gasteiger charge is -2.06. The smallest absolute Gasteiger partial charge is 0.221 e. The van der Waals surface area contributed by atoms with Gasteiger partial charge in [-0.2, -0.15) is 0 Å². The zero-order valence-corrected chi connectivity index (χ0v) is 9.97. The molecule has 2 aromatic rings. The van der Waals surface area contributed by atoms with Crippen molar-refractivity contribution in [2.24, 2.45) is 0 Å². The van der Waals surface area contributed by atoms with Gasteiger partial charge in [0.1, 0.15) is 0 Å². The van der Waals surface area contributed by atoms with E-state index in [-0.39, 0.29) is 5.91 Å². The molecule has 88 valence electrons. The first-order chi connectivity index (χ1) is 8.13. The average Bonchev–Trinajstić information content (AvgIpc) is 2.63. The number of aryl methyl sites for hydroxylation is 1. The highest BCUT2D eigenvalue weighted by atomic mass is 16.1. The summed E-state index contributed by atoms with van der Waals surface area (Å²) in [4.78, 5) is 15.1. The van der Waals surface area contributed by atoms with Gasteiger partial charge in [-0.15, -0.1) is 0 Å². The second kappa shape index (κ2) is 4.82. The van der Waals surface area contributed by atoms with E-state index >= 15 is 0 Å². The van der Waals surface area contributed by atoms with Crippen molar-refractivity contribution in [3.63, 3.8) is 0 Å². The number of carbonyl (C=O) groups is 1. The fourth-order valence-corrected chi connectivity index (χ4v) is 1.72. The molecule has 0 aliphatic heterocycles. The van der Waals surface area contributed by atoms with Gasteiger partial charge in [-0.1, -0.05) is 12.1 Å². The monoisotopic (exact) mass is 229 g/mol. The SMILES string of the molecule is CC(=O)Nc1cccc(Cn2cnc(C)c2)c1. The number of anilines is 1. The molecule has 0 saturated carbocycles. The lowest BCUT2D eigenvalue weighted by molar-refractivity contribution is -0.114. The van der Waals surface area contributed by atoms with E-state index in [4.69, 9.17) is 0 Å². The van der Waals surface area contributed by atoms with Crippen molar-refractivity contribution in [1.29, 1.82) is 0 Å². The lowest BCUT2D eigenvalue weighted by atomic mass is 10.2. The van der Waals surface area contributed by atoms with E-state index in [1.165, 1.54) is 6.92 Å². The van der Waals surface area contributed by atoms with Crippen LogP contribution in [0.15, 0.2) is 36.8 Å². The fourth-order valence-electron chi connectivity index (χ4n) is 1.72. The summed E-state index contributed by atoms with van der Waals surface area (Å²) in [6.07, 6.45) is 3.80. The largest absolute Gasteiger partial charge is 0.333 e. The maximum absolute atomic E-state index is 11.0. The van der Waals surface area contributed by atoms with Gasteiger partial charge in [0.2, 0.25) is 5.91 Å². The van der Waals surface area contributed by atoms with Crippen molar-refractivity contribution in [2.75, 3.05) is 5.32 Å². The Morgan fingerprint density at radius 2 is 2.29 bits per heavy atom. The Balaban J connectivity index is 2.13. The lowest BCUT2D eigenvalue weighted by Crippen LogP contribution is -2.06. The Hall–Kier alpha value is -2.10. The first-order valence-electron chi connectivity index (χ1n) is 5.48. The van der Waals surface area contributed by atoms with Crippen LogP contribution in [0.2, 0.25) is 0 Å². The third-order valence-electron chi connectivity index (χ3n) is 2.37. The number of nitrogens with one attached hydrogen (secondary N) is 1. The molecule has 0 fully saturated rings. The molecule has 0 aliphatic carbocycles. The summed E-state index contributed by atoms with van der Waals surface area (Å²) in [6, 6.07) is 7.81. The molecular formula is C13H15N3O. The van der Waals surface area contributed by atoms with Crippen LogP contribution in [0, 0.1) is 6.92 Å². The van der Waals surface area contributed by atoms with Crippen LogP contribution in [0.3, 0.4) is 0 Å². The van der Waals surface area contributed by atoms with E-state index in [2.05, 4.69) is 10.3 Å². The third kappa shape index (κ3) is 3.17. The van der Waals surface area contributed by atoms with Crippen LogP contribution in [-0.4, -0.2) is 15.5 Å². The molecule has 2 rings (SSSR count). The Morgan fingerprint density at radius 1 is 1.47 bits per heavy atom. The Labute approximate surface area is 100 Å². The predicted molar refractivity (Wildman–Crippen MR) is 66.8 cm³/mol. The number of aromatic nitrogens is 2. The molecule has 0 atom stereocenters. The average molecular weight is 229 g/mol. The van der Waals surface area contributed by atoms with E-state index < -0.39 is 0 Å². The molecule has 1 aromatic carbocycles. The molecule has 0 saturated heterocycles. The van der Waals surface area contributed by atoms with Gasteiger partial charge in [0.15, 0.2) is 0 Å². The van der Waals surface area contributed by atoms with Crippen LogP contribution >= 0.6 is 0 Å². The van der Waals surface area contributed by atoms with E-state index in [9.17, 15) is 4.79 Å². The quantitative estimate of drug-likeness (QED) is 0.877. The summed E-state index contributed by atoms with van der Waals surface area (Å²) in [6.45, 7) is 4.23. The maximum Gasteiger partial charge on any atom is 0.221 e. The summed E-state index contributed by atoms with van der Waals surface area (Å²) in [7, 11) is 0. The highest BCUT2D eigenvalue weighted by Crippen LogP contribution is 2.12. The Kier molecular flexibility index (Phi) is 3.23. The molecule has 17 heavy (non-hydrogen) atoms. The molecule has 0 aliphatic rings. The van der Waals surface area contributed by atoms with Gasteiger partial charge in [-0.25, -0.2) is 4.98 Å². The van der Waals surface area contributed by atoms with Crippen LogP contribution in [0.1, 0.15) is 18.2 Å². The van der Waals surface area contributed by atoms with Crippen LogP contribution in [0.4, 0.5) is 5.69 Å². The normalized spacial score (nSPS) is 10.2. The molecule has 4 heteroatoms. The minimum absolute atomic E-state index is 0.0550. The van der Waals surface area contributed by atoms with Gasteiger partial charge in [0.05, 0.1) is 12.0 Å². The van der Waals surface area contributed by atoms with Crippen LogP contribution in [0.25, 0.3) is 0 Å². The van der Waals surface area contributed by atoms with E-state index in [0.717, 1.165) is 23.5 Å². The number of nitrogens with zero attached hydrogens (tertiary/aromatic N) is 2. The first kappa shape index (κ1) is 11.4. The molecular weight excluding hydrogens is 214 g/mol. The summed E-state index contributed by atoms with van der Waals surface area (Å²) in [5.74, 6) is -0.0550. The summed E-state index contributed by atoms with van der Waals surface area (Å²) in [5.41, 5.74) is 2.96. The number of carbonyl (C=O) groups excluding carboxylic acids is 1. The fraction of sp³-hybridized carbons (Fsp3) is 0.231. The summed E-state index contributed by atoms with van der Waals surface area (Å²) < 4.78 is 2.02. The van der Waals surface area contributed by atoms with Crippen molar-refractivity contribution >= 4 is 11.6 Å². The van der Waals surface area contributed by atoms with E-state index in [1.807, 2.05) is 42.0 Å². The van der Waals surface area contributed by atoms with Crippen LogP contribution in [-0.2, 0) is 11.3 Å². The van der Waals surface area contributed by atoms with Gasteiger partial charge >= 0.3 is 0 Å².